The van der Waals surface area contributed by atoms with Gasteiger partial charge in [0.2, 0.25) is 0 Å². The minimum absolute atomic E-state index is 0.0755. The molecule has 0 bridgehead atoms. The number of carbonyl (C=O) groups is 3. The smallest absolute Gasteiger partial charge is 0.326 e. The molecule has 0 aromatic carbocycles. The van der Waals surface area contributed by atoms with Gasteiger partial charge in [0.1, 0.15) is 6.04 Å². The molecule has 0 aromatic rings. The molecule has 0 aliphatic carbocycles. The lowest BCUT2D eigenvalue weighted by Gasteiger charge is -2.20. The van der Waals surface area contributed by atoms with E-state index < -0.39 is 24.0 Å². The van der Waals surface area contributed by atoms with Crippen LogP contribution >= 0.6 is 0 Å². The van der Waals surface area contributed by atoms with E-state index in [9.17, 15) is 14.4 Å². The summed E-state index contributed by atoms with van der Waals surface area (Å²) in [6.45, 7) is 5.70. The lowest BCUT2D eigenvalue weighted by molar-refractivity contribution is -0.140. The highest BCUT2D eigenvalue weighted by Gasteiger charge is 2.21. The highest BCUT2D eigenvalue weighted by atomic mass is 16.4. The number of nitrogens with one attached hydrogen (secondary N) is 2. The van der Waals surface area contributed by atoms with E-state index in [0.717, 1.165) is 0 Å². The Morgan fingerprint density at radius 3 is 2.05 bits per heavy atom. The Morgan fingerprint density at radius 1 is 1.05 bits per heavy atom. The highest BCUT2D eigenvalue weighted by molar-refractivity contribution is 5.82. The minimum Gasteiger partial charge on any atom is -0.481 e. The number of rotatable bonds is 8. The molecule has 0 aromatic heterocycles. The van der Waals surface area contributed by atoms with Crippen molar-refractivity contribution in [3.63, 3.8) is 0 Å². The average molecular weight is 274 g/mol. The predicted octanol–water partition coefficient (Wildman–Crippen LogP) is 1.04. The normalized spacial score (nSPS) is 13.7. The number of carbonyl (C=O) groups excluding carboxylic acids is 1. The van der Waals surface area contributed by atoms with E-state index in [-0.39, 0.29) is 31.2 Å². The van der Waals surface area contributed by atoms with Crippen LogP contribution in [-0.4, -0.2) is 40.3 Å². The van der Waals surface area contributed by atoms with Crippen molar-refractivity contribution in [2.75, 3.05) is 0 Å². The van der Waals surface area contributed by atoms with Crippen molar-refractivity contribution in [2.45, 2.75) is 52.1 Å². The van der Waals surface area contributed by atoms with Gasteiger partial charge < -0.3 is 20.8 Å². The van der Waals surface area contributed by atoms with Crippen molar-refractivity contribution in [2.24, 2.45) is 5.92 Å². The molecule has 0 spiro atoms. The van der Waals surface area contributed by atoms with Gasteiger partial charge in [-0.2, -0.15) is 0 Å². The van der Waals surface area contributed by atoms with Crippen molar-refractivity contribution in [1.29, 1.82) is 0 Å². The zero-order chi connectivity index (χ0) is 15.0. The Balaban J connectivity index is 4.23. The Labute approximate surface area is 112 Å². The van der Waals surface area contributed by atoms with Gasteiger partial charge in [0.25, 0.3) is 0 Å². The van der Waals surface area contributed by atoms with Crippen LogP contribution in [0.1, 0.15) is 40.0 Å². The molecule has 2 atom stereocenters. The van der Waals surface area contributed by atoms with E-state index >= 15 is 0 Å². The van der Waals surface area contributed by atoms with Crippen LogP contribution in [0.15, 0.2) is 0 Å². The van der Waals surface area contributed by atoms with Gasteiger partial charge in [-0.15, -0.1) is 0 Å². The number of carboxylic acid groups (broad SMARTS) is 2. The van der Waals surface area contributed by atoms with Crippen molar-refractivity contribution in [3.8, 4) is 0 Å². The lowest BCUT2D eigenvalue weighted by atomic mass is 10.1. The number of aliphatic carboxylic acids is 2. The molecule has 7 heteroatoms. The van der Waals surface area contributed by atoms with Gasteiger partial charge in [-0.3, -0.25) is 4.79 Å². The highest BCUT2D eigenvalue weighted by Crippen LogP contribution is 2.03. The predicted molar refractivity (Wildman–Crippen MR) is 68.9 cm³/mol. The number of carboxylic acids is 2. The van der Waals surface area contributed by atoms with E-state index in [1.165, 1.54) is 0 Å². The van der Waals surface area contributed by atoms with E-state index in [1.807, 2.05) is 20.8 Å². The summed E-state index contributed by atoms with van der Waals surface area (Å²) in [5, 5.41) is 22.4. The first kappa shape index (κ1) is 17.2. The molecule has 7 nitrogen and oxygen atoms in total. The summed E-state index contributed by atoms with van der Waals surface area (Å²) in [6.07, 6.45) is 0.174. The lowest BCUT2D eigenvalue weighted by Crippen LogP contribution is -2.49. The fourth-order valence-corrected chi connectivity index (χ4v) is 1.29. The fourth-order valence-electron chi connectivity index (χ4n) is 1.29. The van der Waals surface area contributed by atoms with Crippen LogP contribution in [0, 0.1) is 5.92 Å². The topological polar surface area (TPSA) is 116 Å². The largest absolute Gasteiger partial charge is 0.481 e. The number of amides is 2. The first-order valence-corrected chi connectivity index (χ1v) is 6.25. The van der Waals surface area contributed by atoms with Crippen LogP contribution in [0.25, 0.3) is 0 Å². The quantitative estimate of drug-likeness (QED) is 0.527. The molecule has 0 saturated carbocycles. The maximum Gasteiger partial charge on any atom is 0.326 e. The summed E-state index contributed by atoms with van der Waals surface area (Å²) in [4.78, 5) is 32.9. The fraction of sp³-hybridized carbons (Fsp3) is 0.750. The molecule has 0 saturated heterocycles. The molecule has 19 heavy (non-hydrogen) atoms. The van der Waals surface area contributed by atoms with Crippen LogP contribution in [0.4, 0.5) is 4.79 Å². The van der Waals surface area contributed by atoms with Gasteiger partial charge in [-0.1, -0.05) is 13.8 Å². The van der Waals surface area contributed by atoms with Crippen LogP contribution < -0.4 is 10.6 Å². The van der Waals surface area contributed by atoms with Crippen molar-refractivity contribution < 1.29 is 24.6 Å². The molecular weight excluding hydrogens is 252 g/mol. The molecule has 0 aliphatic rings. The molecule has 0 aliphatic heterocycles. The van der Waals surface area contributed by atoms with Crippen molar-refractivity contribution in [3.05, 3.63) is 0 Å². The van der Waals surface area contributed by atoms with E-state index in [2.05, 4.69) is 10.6 Å². The van der Waals surface area contributed by atoms with E-state index in [1.54, 1.807) is 0 Å². The summed E-state index contributed by atoms with van der Waals surface area (Å²) in [7, 11) is 0. The summed E-state index contributed by atoms with van der Waals surface area (Å²) in [6, 6.07) is -1.70. The van der Waals surface area contributed by atoms with Gasteiger partial charge in [0, 0.05) is 12.5 Å². The molecule has 0 radical (unpaired) electrons. The minimum atomic E-state index is -1.17. The zero-order valence-electron chi connectivity index (χ0n) is 11.5. The summed E-state index contributed by atoms with van der Waals surface area (Å²) >= 11 is 0. The summed E-state index contributed by atoms with van der Waals surface area (Å²) in [5.74, 6) is -1.92. The Kier molecular flexibility index (Phi) is 7.55. The van der Waals surface area contributed by atoms with Gasteiger partial charge in [-0.25, -0.2) is 9.59 Å². The summed E-state index contributed by atoms with van der Waals surface area (Å²) < 4.78 is 0. The van der Waals surface area contributed by atoms with Crippen molar-refractivity contribution >= 4 is 18.0 Å². The molecule has 4 N–H and O–H groups in total. The monoisotopic (exact) mass is 274 g/mol. The van der Waals surface area contributed by atoms with Crippen LogP contribution in [0.5, 0.6) is 0 Å². The Bertz CT molecular complexity index is 330. The number of hydrogen-bond donors (Lipinski definition) is 4. The number of urea groups is 1. The molecule has 1 unspecified atom stereocenters. The first-order valence-electron chi connectivity index (χ1n) is 6.25. The maximum atomic E-state index is 11.6. The second-order valence-corrected chi connectivity index (χ2v) is 4.83. The maximum absolute atomic E-state index is 11.6. The second-order valence-electron chi connectivity index (χ2n) is 4.83. The standard InChI is InChI=1S/C12H22N2O5/c1-7(2)8(3)13-12(19)14-9(11(17)18)5-4-6-10(15)16/h7-9H,4-6H2,1-3H3,(H,15,16)(H,17,18)(H2,13,14,19)/t8?,9-/m1/s1. The van der Waals surface area contributed by atoms with Crippen LogP contribution in [-0.2, 0) is 9.59 Å². The van der Waals surface area contributed by atoms with Gasteiger partial charge in [0.05, 0.1) is 0 Å². The van der Waals surface area contributed by atoms with Gasteiger partial charge >= 0.3 is 18.0 Å². The molecule has 0 heterocycles. The zero-order valence-corrected chi connectivity index (χ0v) is 11.5. The van der Waals surface area contributed by atoms with Crippen molar-refractivity contribution in [1.82, 2.24) is 10.6 Å². The Morgan fingerprint density at radius 2 is 1.63 bits per heavy atom. The summed E-state index contributed by atoms with van der Waals surface area (Å²) in [5.41, 5.74) is 0. The third-order valence-corrected chi connectivity index (χ3v) is 2.85. The van der Waals surface area contributed by atoms with Crippen LogP contribution in [0.3, 0.4) is 0 Å². The number of hydrogen-bond acceptors (Lipinski definition) is 3. The van der Waals surface area contributed by atoms with E-state index in [0.29, 0.717) is 0 Å². The van der Waals surface area contributed by atoms with E-state index in [4.69, 9.17) is 10.2 Å². The van der Waals surface area contributed by atoms with Gasteiger partial charge in [-0.05, 0) is 25.7 Å². The molecule has 0 fully saturated rings. The third-order valence-electron chi connectivity index (χ3n) is 2.85. The third kappa shape index (κ3) is 8.01. The molecule has 0 rings (SSSR count). The SMILES string of the molecule is CC(C)C(C)NC(=O)N[C@H](CCCC(=O)O)C(=O)O. The first-order chi connectivity index (χ1) is 8.73. The molecule has 2 amide bonds. The second kappa shape index (κ2) is 8.34. The average Bonchev–Trinajstić information content (AvgIpc) is 2.26. The molecular formula is C12H22N2O5. The van der Waals surface area contributed by atoms with Crippen LogP contribution in [0.2, 0.25) is 0 Å². The van der Waals surface area contributed by atoms with Gasteiger partial charge in [0.15, 0.2) is 0 Å². The molecule has 110 valence electrons. The Hall–Kier alpha value is -1.79.